The Balaban J connectivity index is 2.06. The Morgan fingerprint density at radius 2 is 1.71 bits per heavy atom. The van der Waals surface area contributed by atoms with Gasteiger partial charge in [-0.15, -0.1) is 0 Å². The summed E-state index contributed by atoms with van der Waals surface area (Å²) in [6.45, 7) is 6.32. The van der Waals surface area contributed by atoms with E-state index in [-0.39, 0.29) is 5.78 Å². The molecule has 2 nitrogen and oxygen atoms in total. The van der Waals surface area contributed by atoms with Gasteiger partial charge >= 0.3 is 0 Å². The minimum atomic E-state index is 0.00419. The van der Waals surface area contributed by atoms with E-state index in [1.165, 1.54) is 5.56 Å². The lowest BCUT2D eigenvalue weighted by molar-refractivity contribution is 0.104. The number of para-hydroxylation sites is 1. The number of anilines is 1. The van der Waals surface area contributed by atoms with Crippen LogP contribution in [0, 0.1) is 6.92 Å². The molecule has 0 amide bonds. The van der Waals surface area contributed by atoms with E-state index in [4.69, 9.17) is 0 Å². The van der Waals surface area contributed by atoms with Crippen molar-refractivity contribution in [2.45, 2.75) is 26.7 Å². The molecule has 2 rings (SSSR count). The molecule has 0 aromatic heterocycles. The normalized spacial score (nSPS) is 11.0. The third kappa shape index (κ3) is 4.06. The first-order chi connectivity index (χ1) is 10.1. The number of carbonyl (C=O) groups excluding carboxylic acids is 1. The molecule has 0 atom stereocenters. The Morgan fingerprint density at radius 1 is 1.05 bits per heavy atom. The van der Waals surface area contributed by atoms with E-state index in [1.807, 2.05) is 49.4 Å². The van der Waals surface area contributed by atoms with Crippen LogP contribution in [-0.2, 0) is 0 Å². The van der Waals surface area contributed by atoms with Crippen LogP contribution in [0.1, 0.15) is 41.3 Å². The van der Waals surface area contributed by atoms with E-state index in [2.05, 4.69) is 25.2 Å². The molecule has 0 radical (unpaired) electrons. The Labute approximate surface area is 126 Å². The molecule has 0 aliphatic rings. The molecule has 0 aliphatic heterocycles. The lowest BCUT2D eigenvalue weighted by atomic mass is 10.0. The van der Waals surface area contributed by atoms with Gasteiger partial charge in [-0.3, -0.25) is 4.79 Å². The van der Waals surface area contributed by atoms with Gasteiger partial charge in [0.05, 0.1) is 0 Å². The lowest BCUT2D eigenvalue weighted by Crippen LogP contribution is -1.99. The van der Waals surface area contributed by atoms with Gasteiger partial charge in [-0.2, -0.15) is 0 Å². The highest BCUT2D eigenvalue weighted by Gasteiger charge is 2.04. The molecular weight excluding hydrogens is 258 g/mol. The van der Waals surface area contributed by atoms with Gasteiger partial charge in [0.1, 0.15) is 0 Å². The maximum absolute atomic E-state index is 12.0. The second-order valence-corrected chi connectivity index (χ2v) is 5.45. The average Bonchev–Trinajstić information content (AvgIpc) is 2.48. The molecule has 0 bridgehead atoms. The molecule has 0 aliphatic carbocycles. The topological polar surface area (TPSA) is 29.1 Å². The van der Waals surface area contributed by atoms with Gasteiger partial charge in [-0.05, 0) is 24.5 Å². The van der Waals surface area contributed by atoms with Crippen molar-refractivity contribution in [3.8, 4) is 0 Å². The van der Waals surface area contributed by atoms with Gasteiger partial charge in [0.15, 0.2) is 5.78 Å². The van der Waals surface area contributed by atoms with Gasteiger partial charge in [0.25, 0.3) is 0 Å². The van der Waals surface area contributed by atoms with Crippen molar-refractivity contribution in [1.82, 2.24) is 0 Å². The molecule has 1 N–H and O–H groups in total. The number of benzene rings is 2. The van der Waals surface area contributed by atoms with Crippen LogP contribution in [-0.4, -0.2) is 5.78 Å². The molecule has 0 fully saturated rings. The van der Waals surface area contributed by atoms with Crippen LogP contribution in [0.2, 0.25) is 0 Å². The van der Waals surface area contributed by atoms with Gasteiger partial charge < -0.3 is 5.32 Å². The Hall–Kier alpha value is -2.35. The number of aryl methyl sites for hydroxylation is 1. The minimum absolute atomic E-state index is 0.00419. The van der Waals surface area contributed by atoms with Crippen molar-refractivity contribution in [3.63, 3.8) is 0 Å². The molecule has 2 heteroatoms. The minimum Gasteiger partial charge on any atom is -0.361 e. The third-order valence-electron chi connectivity index (χ3n) is 3.39. The van der Waals surface area contributed by atoms with Gasteiger partial charge in [0.2, 0.25) is 0 Å². The molecule has 0 saturated carbocycles. The SMILES string of the molecule is Cc1ccc(C(=O)/C=C/Nc2ccccc2C(C)C)cc1. The zero-order valence-electron chi connectivity index (χ0n) is 12.8. The number of nitrogens with one attached hydrogen (secondary N) is 1. The maximum Gasteiger partial charge on any atom is 0.187 e. The van der Waals surface area contributed by atoms with Crippen LogP contribution in [0.4, 0.5) is 5.69 Å². The average molecular weight is 279 g/mol. The molecule has 0 spiro atoms. The number of allylic oxidation sites excluding steroid dienone is 1. The van der Waals surface area contributed by atoms with Crippen LogP contribution < -0.4 is 5.32 Å². The second-order valence-electron chi connectivity index (χ2n) is 5.45. The van der Waals surface area contributed by atoms with E-state index >= 15 is 0 Å². The van der Waals surface area contributed by atoms with Gasteiger partial charge in [-0.25, -0.2) is 0 Å². The maximum atomic E-state index is 12.0. The van der Waals surface area contributed by atoms with Crippen LogP contribution in [0.5, 0.6) is 0 Å². The molecule has 2 aromatic rings. The summed E-state index contributed by atoms with van der Waals surface area (Å²) in [5.41, 5.74) is 4.14. The highest BCUT2D eigenvalue weighted by molar-refractivity contribution is 6.04. The van der Waals surface area contributed by atoms with Crippen LogP contribution in [0.3, 0.4) is 0 Å². The Kier molecular flexibility index (Phi) is 4.94. The van der Waals surface area contributed by atoms with Crippen molar-refractivity contribution in [2.24, 2.45) is 0 Å². The smallest absolute Gasteiger partial charge is 0.187 e. The molecule has 0 saturated heterocycles. The van der Waals surface area contributed by atoms with E-state index in [0.717, 1.165) is 11.3 Å². The van der Waals surface area contributed by atoms with Crippen molar-refractivity contribution in [1.29, 1.82) is 0 Å². The summed E-state index contributed by atoms with van der Waals surface area (Å²) in [4.78, 5) is 12.0. The molecular formula is C19H21NO. The molecule has 21 heavy (non-hydrogen) atoms. The summed E-state index contributed by atoms with van der Waals surface area (Å²) in [5.74, 6) is 0.444. The number of hydrogen-bond acceptors (Lipinski definition) is 2. The number of carbonyl (C=O) groups is 1. The van der Waals surface area contributed by atoms with E-state index in [1.54, 1.807) is 12.3 Å². The quantitative estimate of drug-likeness (QED) is 0.621. The fraction of sp³-hybridized carbons (Fsp3) is 0.211. The summed E-state index contributed by atoms with van der Waals surface area (Å²) in [5, 5.41) is 3.21. The van der Waals surface area contributed by atoms with E-state index in [9.17, 15) is 4.79 Å². The van der Waals surface area contributed by atoms with Crippen molar-refractivity contribution in [2.75, 3.05) is 5.32 Å². The number of hydrogen-bond donors (Lipinski definition) is 1. The largest absolute Gasteiger partial charge is 0.361 e. The fourth-order valence-corrected chi connectivity index (χ4v) is 2.15. The highest BCUT2D eigenvalue weighted by atomic mass is 16.1. The fourth-order valence-electron chi connectivity index (χ4n) is 2.15. The van der Waals surface area contributed by atoms with E-state index in [0.29, 0.717) is 11.5 Å². The van der Waals surface area contributed by atoms with Gasteiger partial charge in [0, 0.05) is 23.5 Å². The first-order valence-corrected chi connectivity index (χ1v) is 7.21. The standard InChI is InChI=1S/C19H21NO/c1-14(2)17-6-4-5-7-18(17)20-13-12-19(21)16-10-8-15(3)9-11-16/h4-14,20H,1-3H3/b13-12+. The molecule has 0 heterocycles. The summed E-state index contributed by atoms with van der Waals surface area (Å²) in [7, 11) is 0. The summed E-state index contributed by atoms with van der Waals surface area (Å²) in [6.07, 6.45) is 3.28. The summed E-state index contributed by atoms with van der Waals surface area (Å²) < 4.78 is 0. The monoisotopic (exact) mass is 279 g/mol. The van der Waals surface area contributed by atoms with Crippen molar-refractivity contribution < 1.29 is 4.79 Å². The molecule has 0 unspecified atom stereocenters. The first-order valence-electron chi connectivity index (χ1n) is 7.21. The summed E-state index contributed by atoms with van der Waals surface area (Å²) in [6, 6.07) is 15.7. The molecule has 108 valence electrons. The zero-order valence-corrected chi connectivity index (χ0v) is 12.8. The first kappa shape index (κ1) is 15.0. The van der Waals surface area contributed by atoms with Gasteiger partial charge in [-0.1, -0.05) is 61.9 Å². The number of rotatable bonds is 5. The van der Waals surface area contributed by atoms with E-state index < -0.39 is 0 Å². The molecule has 2 aromatic carbocycles. The lowest BCUT2D eigenvalue weighted by Gasteiger charge is -2.11. The Morgan fingerprint density at radius 3 is 2.38 bits per heavy atom. The predicted octanol–water partition coefficient (Wildman–Crippen LogP) is 4.93. The summed E-state index contributed by atoms with van der Waals surface area (Å²) >= 11 is 0. The Bertz CT molecular complexity index is 639. The van der Waals surface area contributed by atoms with Crippen LogP contribution >= 0.6 is 0 Å². The van der Waals surface area contributed by atoms with Crippen molar-refractivity contribution >= 4 is 11.5 Å². The number of ketones is 1. The zero-order chi connectivity index (χ0) is 15.2. The van der Waals surface area contributed by atoms with Crippen LogP contribution in [0.25, 0.3) is 0 Å². The van der Waals surface area contributed by atoms with Crippen molar-refractivity contribution in [3.05, 3.63) is 77.5 Å². The highest BCUT2D eigenvalue weighted by Crippen LogP contribution is 2.23. The second kappa shape index (κ2) is 6.89. The predicted molar refractivity (Wildman–Crippen MR) is 88.8 cm³/mol. The third-order valence-corrected chi connectivity index (χ3v) is 3.39. The van der Waals surface area contributed by atoms with Crippen LogP contribution in [0.15, 0.2) is 60.8 Å².